The fraction of sp³-hybridized carbons (Fsp3) is 0.387. The third-order valence-electron chi connectivity index (χ3n) is 7.14. The van der Waals surface area contributed by atoms with Crippen LogP contribution in [0.3, 0.4) is 0 Å². The fourth-order valence-corrected chi connectivity index (χ4v) is 9.77. The van der Waals surface area contributed by atoms with Crippen LogP contribution in [-0.2, 0) is 4.79 Å². The maximum atomic E-state index is 12.5. The van der Waals surface area contributed by atoms with Gasteiger partial charge in [-0.2, -0.15) is 0 Å². The summed E-state index contributed by atoms with van der Waals surface area (Å²) in [6.45, 7) is 8.78. The molecule has 1 amide bonds. The maximum absolute atomic E-state index is 12.5. The van der Waals surface area contributed by atoms with E-state index >= 15 is 0 Å². The Kier molecular flexibility index (Phi) is 9.13. The van der Waals surface area contributed by atoms with Gasteiger partial charge in [-0.1, -0.05) is 0 Å². The number of pyridine rings is 1. The molecule has 0 radical (unpaired) electrons. The number of piperidine rings is 1. The number of alkyl halides is 1. The van der Waals surface area contributed by atoms with Gasteiger partial charge in [0.2, 0.25) is 0 Å². The number of ether oxygens (including phenoxy) is 1. The van der Waals surface area contributed by atoms with E-state index in [2.05, 4.69) is 72.0 Å². The monoisotopic (exact) mass is 639 g/mol. The van der Waals surface area contributed by atoms with Crippen LogP contribution >= 0.6 is 19.8 Å². The molecule has 0 bridgehead atoms. The molecular weight excluding hydrogens is 601 g/mol. The van der Waals surface area contributed by atoms with Crippen LogP contribution in [0.5, 0.6) is 11.5 Å². The van der Waals surface area contributed by atoms with Crippen molar-refractivity contribution >= 4 is 46.8 Å². The summed E-state index contributed by atoms with van der Waals surface area (Å²) in [4.78, 5) is 21.8. The van der Waals surface area contributed by atoms with Crippen LogP contribution in [0, 0.1) is 9.49 Å². The molecule has 1 aromatic heterocycles. The molecule has 0 spiro atoms. The van der Waals surface area contributed by atoms with Crippen LogP contribution in [0.2, 0.25) is 0 Å². The number of carbonyl (C=O) groups excluding carboxylic acids is 1. The molecule has 1 saturated heterocycles. The Labute approximate surface area is 238 Å². The van der Waals surface area contributed by atoms with Gasteiger partial charge in [0.25, 0.3) is 0 Å². The summed E-state index contributed by atoms with van der Waals surface area (Å²) in [5.74, 6) is 2.98. The van der Waals surface area contributed by atoms with E-state index in [0.29, 0.717) is 29.8 Å². The topological polar surface area (TPSA) is 87.6 Å². The van der Waals surface area contributed by atoms with E-state index in [0.717, 1.165) is 57.7 Å². The minimum atomic E-state index is -1.62. The summed E-state index contributed by atoms with van der Waals surface area (Å²) in [5.41, 5.74) is 3.41. The average Bonchev–Trinajstić information content (AvgIpc) is 3.28. The second-order valence-electron chi connectivity index (χ2n) is 10.3. The molecule has 0 unspecified atom stereocenters. The van der Waals surface area contributed by atoms with Crippen molar-refractivity contribution in [2.45, 2.75) is 52.4 Å². The fourth-order valence-electron chi connectivity index (χ4n) is 4.93. The first-order chi connectivity index (χ1) is 19.0. The van der Waals surface area contributed by atoms with Crippen molar-refractivity contribution in [3.8, 4) is 11.5 Å². The second kappa shape index (κ2) is 12.9. The Morgan fingerprint density at radius 2 is 1.92 bits per heavy atom. The van der Waals surface area contributed by atoms with Crippen molar-refractivity contribution < 1.29 is 9.53 Å². The molecule has 206 valence electrons. The number of benzene rings is 2. The number of hydrogen-bond donors (Lipinski definition) is 3. The van der Waals surface area contributed by atoms with E-state index in [-0.39, 0.29) is 5.91 Å². The molecule has 2 aliphatic rings. The van der Waals surface area contributed by atoms with E-state index in [4.69, 9.17) is 9.73 Å². The van der Waals surface area contributed by atoms with Gasteiger partial charge in [0.05, 0.1) is 0 Å². The summed E-state index contributed by atoms with van der Waals surface area (Å²) < 4.78 is 9.76. The summed E-state index contributed by atoms with van der Waals surface area (Å²) >= 11 is -1.62. The van der Waals surface area contributed by atoms with Gasteiger partial charge in [0, 0.05) is 0 Å². The molecule has 5 rings (SSSR count). The summed E-state index contributed by atoms with van der Waals surface area (Å²) in [5, 5.41) is 9.94. The zero-order valence-electron chi connectivity index (χ0n) is 23.0. The molecular formula is C31H38IN5O2. The van der Waals surface area contributed by atoms with Gasteiger partial charge < -0.3 is 5.32 Å². The third-order valence-corrected chi connectivity index (χ3v) is 12.7. The number of anilines is 2. The van der Waals surface area contributed by atoms with Crippen LogP contribution in [0.4, 0.5) is 17.2 Å². The summed E-state index contributed by atoms with van der Waals surface area (Å²) in [6, 6.07) is 18.4. The molecule has 7 nitrogen and oxygen atoms in total. The molecule has 8 heteroatoms. The van der Waals surface area contributed by atoms with Gasteiger partial charge in [0.15, 0.2) is 0 Å². The van der Waals surface area contributed by atoms with E-state index in [1.807, 2.05) is 12.1 Å². The zero-order valence-corrected chi connectivity index (χ0v) is 25.1. The Hall–Kier alpha value is -2.98. The summed E-state index contributed by atoms with van der Waals surface area (Å²) in [6.07, 6.45) is 5.38. The van der Waals surface area contributed by atoms with Gasteiger partial charge in [0.1, 0.15) is 0 Å². The first kappa shape index (κ1) is 27.6. The molecule has 3 N–H and O–H groups in total. The van der Waals surface area contributed by atoms with Gasteiger partial charge >= 0.3 is 202 Å². The molecule has 2 aliphatic heterocycles. The zero-order chi connectivity index (χ0) is 27.2. The molecule has 1 fully saturated rings. The number of hydrogen-bond acceptors (Lipinski definition) is 6. The number of nitrogens with zero attached hydrogens (tertiary/aromatic N) is 2. The Balaban J connectivity index is 1.23. The number of aliphatic imine (C=N–C) groups is 1. The molecule has 0 atom stereocenters. The van der Waals surface area contributed by atoms with E-state index in [9.17, 15) is 4.79 Å². The molecule has 2 aromatic carbocycles. The normalized spacial score (nSPS) is 16.1. The number of amides is 1. The van der Waals surface area contributed by atoms with Crippen molar-refractivity contribution in [2.24, 2.45) is 10.9 Å². The second-order valence-corrected chi connectivity index (χ2v) is 16.1. The van der Waals surface area contributed by atoms with Crippen molar-refractivity contribution in [3.05, 3.63) is 69.9 Å². The average molecular weight is 640 g/mol. The van der Waals surface area contributed by atoms with Crippen molar-refractivity contribution in [3.63, 3.8) is 0 Å². The quantitative estimate of drug-likeness (QED) is 0.128. The summed E-state index contributed by atoms with van der Waals surface area (Å²) in [7, 11) is 0. The number of rotatable bonds is 9. The van der Waals surface area contributed by atoms with Gasteiger partial charge in [-0.25, -0.2) is 0 Å². The Bertz CT molecular complexity index is 1340. The predicted molar refractivity (Wildman–Crippen MR) is 169 cm³/mol. The van der Waals surface area contributed by atoms with Gasteiger partial charge in [-0.15, -0.1) is 0 Å². The van der Waals surface area contributed by atoms with Gasteiger partial charge in [-0.3, -0.25) is 0 Å². The van der Waals surface area contributed by atoms with E-state index in [1.54, 1.807) is 18.3 Å². The Morgan fingerprint density at radius 3 is 2.72 bits per heavy atom. The van der Waals surface area contributed by atoms with Crippen molar-refractivity contribution in [2.75, 3.05) is 28.2 Å². The number of fused-ring (bicyclic) bond motifs is 1. The standard InChI is InChI=1S/C31H38IN5O2/c1-4-32-27-10-9-25(19-28(27)36-31(32)35-24-7-5-6-23(18-24)21(2)3)39-26-14-17-34-29(20-26)37-30(38)11-8-22-12-15-33-16-13-22/h5-7,9-10,14,17-22,33H,4,8,11-13,15-16H2,1-3H3,(H,35,36)(H,34,37,38). The number of amidine groups is 1. The molecule has 3 heterocycles. The van der Waals surface area contributed by atoms with Gasteiger partial charge in [-0.05, 0) is 31.8 Å². The van der Waals surface area contributed by atoms with Crippen molar-refractivity contribution in [1.29, 1.82) is 0 Å². The first-order valence-corrected chi connectivity index (χ1v) is 17.6. The van der Waals surface area contributed by atoms with Crippen LogP contribution in [0.25, 0.3) is 0 Å². The SMILES string of the molecule is CCI1C(Nc2cccc(C(C)C)c2)=Nc2cc(Oc3ccnc(NC(=O)CCC4CCNCC4)c3)ccc21. The number of aromatic nitrogens is 1. The third kappa shape index (κ3) is 7.16. The van der Waals surface area contributed by atoms with E-state index < -0.39 is 19.8 Å². The van der Waals surface area contributed by atoms with Crippen LogP contribution in [0.15, 0.2) is 65.8 Å². The number of halogens is 1. The van der Waals surface area contributed by atoms with Crippen LogP contribution in [-0.4, -0.2) is 32.3 Å². The predicted octanol–water partition coefficient (Wildman–Crippen LogP) is 7.52. The minimum absolute atomic E-state index is 0.000196. The Morgan fingerprint density at radius 1 is 1.10 bits per heavy atom. The molecule has 0 saturated carbocycles. The molecule has 3 aromatic rings. The van der Waals surface area contributed by atoms with E-state index in [1.165, 1.54) is 9.13 Å². The van der Waals surface area contributed by atoms with Crippen molar-refractivity contribution in [1.82, 2.24) is 10.3 Å². The van der Waals surface area contributed by atoms with Crippen LogP contribution < -0.4 is 20.7 Å². The number of carbonyl (C=O) groups is 1. The van der Waals surface area contributed by atoms with Crippen LogP contribution in [0.1, 0.15) is 57.9 Å². The molecule has 0 aliphatic carbocycles. The first-order valence-electron chi connectivity index (χ1n) is 13.9. The molecule has 39 heavy (non-hydrogen) atoms. The number of nitrogens with one attached hydrogen (secondary N) is 3.